The Morgan fingerprint density at radius 3 is 2.82 bits per heavy atom. The molecule has 0 saturated carbocycles. The molecular formula is C15H10N4O2S. The molecular weight excluding hydrogens is 300 g/mol. The number of para-hydroxylation sites is 1. The summed E-state index contributed by atoms with van der Waals surface area (Å²) in [4.78, 5) is 21.0. The maximum absolute atomic E-state index is 12.3. The van der Waals surface area contributed by atoms with Crippen LogP contribution in [0.3, 0.4) is 0 Å². The van der Waals surface area contributed by atoms with Crippen molar-refractivity contribution in [2.75, 3.05) is 0 Å². The summed E-state index contributed by atoms with van der Waals surface area (Å²) in [5.74, 6) is 0.370. The predicted molar refractivity (Wildman–Crippen MR) is 85.2 cm³/mol. The topological polar surface area (TPSA) is 70.2 Å². The Kier molecular flexibility index (Phi) is 3.05. The van der Waals surface area contributed by atoms with Gasteiger partial charge in [-0.05, 0) is 36.0 Å². The Hall–Kier alpha value is -2.80. The number of thioether (sulfide) groups is 1. The van der Waals surface area contributed by atoms with Gasteiger partial charge in [0, 0.05) is 6.08 Å². The van der Waals surface area contributed by atoms with E-state index < -0.39 is 0 Å². The number of carbonyl (C=O) groups is 1. The number of amides is 1. The zero-order chi connectivity index (χ0) is 14.9. The lowest BCUT2D eigenvalue weighted by atomic mass is 10.3. The number of hydrogen-bond acceptors (Lipinski definition) is 5. The minimum absolute atomic E-state index is 0.225. The van der Waals surface area contributed by atoms with Crippen LogP contribution >= 0.6 is 11.8 Å². The van der Waals surface area contributed by atoms with Crippen LogP contribution in [0.1, 0.15) is 5.76 Å². The first-order chi connectivity index (χ1) is 10.8. The molecule has 7 heteroatoms. The summed E-state index contributed by atoms with van der Waals surface area (Å²) in [6.07, 6.45) is 3.17. The molecule has 1 aromatic heterocycles. The van der Waals surface area contributed by atoms with Gasteiger partial charge < -0.3 is 4.42 Å². The Balaban J connectivity index is 1.59. The second kappa shape index (κ2) is 5.19. The van der Waals surface area contributed by atoms with E-state index in [2.05, 4.69) is 15.4 Å². The Morgan fingerprint density at radius 1 is 1.23 bits per heavy atom. The highest BCUT2D eigenvalue weighted by atomic mass is 32.2. The van der Waals surface area contributed by atoms with Crippen LogP contribution in [0.5, 0.6) is 0 Å². The molecule has 1 amide bonds. The van der Waals surface area contributed by atoms with E-state index >= 15 is 0 Å². The minimum Gasteiger partial charge on any atom is -0.465 e. The number of fused-ring (bicyclic) bond motifs is 1. The number of benzene rings is 1. The van der Waals surface area contributed by atoms with Crippen molar-refractivity contribution < 1.29 is 9.21 Å². The van der Waals surface area contributed by atoms with E-state index in [1.54, 1.807) is 24.5 Å². The lowest BCUT2D eigenvalue weighted by Crippen LogP contribution is -2.38. The van der Waals surface area contributed by atoms with E-state index in [1.807, 2.05) is 30.3 Å². The Morgan fingerprint density at radius 2 is 2.09 bits per heavy atom. The van der Waals surface area contributed by atoms with Crippen molar-refractivity contribution in [3.05, 3.63) is 60.2 Å². The summed E-state index contributed by atoms with van der Waals surface area (Å²) in [6.45, 7) is 0. The first kappa shape index (κ1) is 12.9. The van der Waals surface area contributed by atoms with Crippen LogP contribution in [0.4, 0.5) is 5.69 Å². The molecule has 0 spiro atoms. The number of hydrazine groups is 1. The van der Waals surface area contributed by atoms with Crippen LogP contribution in [-0.4, -0.2) is 21.3 Å². The van der Waals surface area contributed by atoms with Gasteiger partial charge in [0.05, 0.1) is 12.0 Å². The second-order valence-electron chi connectivity index (χ2n) is 4.55. The summed E-state index contributed by atoms with van der Waals surface area (Å²) in [6, 6.07) is 13.1. The van der Waals surface area contributed by atoms with Gasteiger partial charge in [0.1, 0.15) is 11.5 Å². The average Bonchev–Trinajstić information content (AvgIpc) is 3.22. The fourth-order valence-electron chi connectivity index (χ4n) is 2.04. The Labute approximate surface area is 130 Å². The fraction of sp³-hybridized carbons (Fsp3) is 0. The van der Waals surface area contributed by atoms with Gasteiger partial charge in [-0.25, -0.2) is 9.98 Å². The van der Waals surface area contributed by atoms with Crippen molar-refractivity contribution in [3.63, 3.8) is 0 Å². The van der Waals surface area contributed by atoms with Crippen molar-refractivity contribution in [2.45, 2.75) is 0 Å². The molecule has 2 aliphatic heterocycles. The smallest absolute Gasteiger partial charge is 0.297 e. The summed E-state index contributed by atoms with van der Waals surface area (Å²) >= 11 is 1.32. The molecule has 1 fully saturated rings. The molecule has 0 atom stereocenters. The molecule has 1 aromatic carbocycles. The third-order valence-electron chi connectivity index (χ3n) is 3.03. The number of rotatable bonds is 2. The maximum Gasteiger partial charge on any atom is 0.297 e. The number of aliphatic imine (C=N–C) groups is 2. The molecule has 1 N–H and O–H groups in total. The van der Waals surface area contributed by atoms with Gasteiger partial charge in [0.15, 0.2) is 10.3 Å². The first-order valence-corrected chi connectivity index (χ1v) is 7.38. The second-order valence-corrected chi connectivity index (χ2v) is 5.50. The molecule has 0 bridgehead atoms. The highest BCUT2D eigenvalue weighted by molar-refractivity contribution is 8.27. The molecule has 4 rings (SSSR count). The van der Waals surface area contributed by atoms with Crippen molar-refractivity contribution in [3.8, 4) is 0 Å². The van der Waals surface area contributed by atoms with Crippen molar-refractivity contribution in [2.24, 2.45) is 9.98 Å². The van der Waals surface area contributed by atoms with Crippen LogP contribution < -0.4 is 5.43 Å². The van der Waals surface area contributed by atoms with Crippen LogP contribution in [0.2, 0.25) is 0 Å². The Bertz CT molecular complexity index is 809. The highest BCUT2D eigenvalue weighted by Gasteiger charge is 2.38. The lowest BCUT2D eigenvalue weighted by Gasteiger charge is -2.07. The van der Waals surface area contributed by atoms with Crippen LogP contribution in [-0.2, 0) is 4.79 Å². The minimum atomic E-state index is -0.225. The van der Waals surface area contributed by atoms with Crippen molar-refractivity contribution in [1.29, 1.82) is 0 Å². The quantitative estimate of drug-likeness (QED) is 0.866. The molecule has 0 aliphatic carbocycles. The van der Waals surface area contributed by atoms with E-state index in [9.17, 15) is 4.79 Å². The summed E-state index contributed by atoms with van der Waals surface area (Å²) in [7, 11) is 0. The fourth-order valence-corrected chi connectivity index (χ4v) is 2.87. The van der Waals surface area contributed by atoms with Gasteiger partial charge in [0.25, 0.3) is 5.91 Å². The van der Waals surface area contributed by atoms with Gasteiger partial charge in [0.2, 0.25) is 0 Å². The largest absolute Gasteiger partial charge is 0.465 e. The molecule has 2 aliphatic rings. The molecule has 1 saturated heterocycles. The average molecular weight is 310 g/mol. The molecule has 2 aromatic rings. The molecule has 0 radical (unpaired) electrons. The predicted octanol–water partition coefficient (Wildman–Crippen LogP) is 2.76. The normalized spacial score (nSPS) is 20.5. The highest BCUT2D eigenvalue weighted by Crippen LogP contribution is 2.28. The van der Waals surface area contributed by atoms with Crippen LogP contribution in [0.25, 0.3) is 6.08 Å². The number of furan rings is 1. The number of nitrogens with one attached hydrogen (secondary N) is 1. The molecule has 0 unspecified atom stereocenters. The van der Waals surface area contributed by atoms with Crippen LogP contribution in [0.15, 0.2) is 68.8 Å². The number of nitrogens with zero attached hydrogens (tertiary/aromatic N) is 3. The van der Waals surface area contributed by atoms with Gasteiger partial charge in [-0.15, -0.1) is 0 Å². The molecule has 3 heterocycles. The van der Waals surface area contributed by atoms with Gasteiger partial charge in [-0.1, -0.05) is 18.2 Å². The van der Waals surface area contributed by atoms with Gasteiger partial charge in [-0.2, -0.15) is 5.01 Å². The van der Waals surface area contributed by atoms with Crippen molar-refractivity contribution in [1.82, 2.24) is 10.4 Å². The zero-order valence-corrected chi connectivity index (χ0v) is 12.1. The van der Waals surface area contributed by atoms with E-state index in [4.69, 9.17) is 4.42 Å². The molecule has 108 valence electrons. The number of hydrogen-bond donors (Lipinski definition) is 1. The monoisotopic (exact) mass is 310 g/mol. The van der Waals surface area contributed by atoms with E-state index in [-0.39, 0.29) is 5.91 Å². The summed E-state index contributed by atoms with van der Waals surface area (Å²) in [5.41, 5.74) is 4.11. The van der Waals surface area contributed by atoms with Crippen LogP contribution in [0, 0.1) is 0 Å². The number of amidine groups is 2. The lowest BCUT2D eigenvalue weighted by molar-refractivity contribution is -0.123. The maximum atomic E-state index is 12.3. The third-order valence-corrected chi connectivity index (χ3v) is 3.87. The zero-order valence-electron chi connectivity index (χ0n) is 11.3. The summed E-state index contributed by atoms with van der Waals surface area (Å²) in [5, 5.41) is 2.58. The molecule has 6 nitrogen and oxygen atoms in total. The van der Waals surface area contributed by atoms with Crippen molar-refractivity contribution >= 4 is 39.8 Å². The molecule has 22 heavy (non-hydrogen) atoms. The third kappa shape index (κ3) is 2.31. The summed E-state index contributed by atoms with van der Waals surface area (Å²) < 4.78 is 5.20. The van der Waals surface area contributed by atoms with Gasteiger partial charge in [-0.3, -0.25) is 10.2 Å². The van der Waals surface area contributed by atoms with E-state index in [0.717, 1.165) is 5.69 Å². The standard InChI is InChI=1S/C15H10N4O2S/c20-13-12(9-11-7-4-8-21-11)17-15-19(13)18-14(22-15)16-10-5-2-1-3-6-10/h1-9H,(H,16,18)/b12-9-. The first-order valence-electron chi connectivity index (χ1n) is 6.56. The number of carbonyl (C=O) groups excluding carboxylic acids is 1. The van der Waals surface area contributed by atoms with E-state index in [0.29, 0.717) is 21.8 Å². The van der Waals surface area contributed by atoms with Gasteiger partial charge >= 0.3 is 0 Å². The van der Waals surface area contributed by atoms with E-state index in [1.165, 1.54) is 16.8 Å². The SMILES string of the molecule is O=C1/C(=C/c2ccco2)N=C2SC(=Nc3ccccc3)NN12.